The molecule has 1 N–H and O–H groups in total. The third-order valence-electron chi connectivity index (χ3n) is 3.20. The topological polar surface area (TPSA) is 43.4 Å². The molecule has 0 radical (unpaired) electrons. The minimum Gasteiger partial charge on any atom is -0.486 e. The first-order valence-corrected chi connectivity index (χ1v) is 6.98. The van der Waals surface area contributed by atoms with Gasteiger partial charge in [0, 0.05) is 12.1 Å². The van der Waals surface area contributed by atoms with Crippen molar-refractivity contribution in [2.24, 2.45) is 0 Å². The van der Waals surface area contributed by atoms with E-state index in [-0.39, 0.29) is 11.9 Å². The number of anilines is 1. The first kappa shape index (κ1) is 13.9. The van der Waals surface area contributed by atoms with Gasteiger partial charge in [0.2, 0.25) is 0 Å². The smallest absolute Gasteiger partial charge is 0.163 e. The molecule has 0 aliphatic carbocycles. The number of ether oxygens (including phenoxy) is 2. The van der Waals surface area contributed by atoms with Crippen LogP contribution in [-0.2, 0) is 0 Å². The molecule has 110 valence electrons. The van der Waals surface area contributed by atoms with Gasteiger partial charge < -0.3 is 14.8 Å². The molecule has 4 nitrogen and oxygen atoms in total. The van der Waals surface area contributed by atoms with Crippen molar-refractivity contribution in [3.05, 3.63) is 47.0 Å². The summed E-state index contributed by atoms with van der Waals surface area (Å²) in [6.07, 6.45) is 1.19. The maximum absolute atomic E-state index is 12.9. The number of halogens is 2. The van der Waals surface area contributed by atoms with Gasteiger partial charge in [-0.25, -0.2) is 4.39 Å². The summed E-state index contributed by atoms with van der Waals surface area (Å²) in [7, 11) is 0. The van der Waals surface area contributed by atoms with Crippen molar-refractivity contribution >= 4 is 17.3 Å². The van der Waals surface area contributed by atoms with Crippen LogP contribution in [0.15, 0.2) is 30.5 Å². The number of aromatic nitrogens is 1. The van der Waals surface area contributed by atoms with Gasteiger partial charge in [-0.05, 0) is 19.1 Å². The van der Waals surface area contributed by atoms with Gasteiger partial charge in [0.1, 0.15) is 19.0 Å². The predicted octanol–water partition coefficient (Wildman–Crippen LogP) is 3.82. The molecule has 1 aliphatic rings. The monoisotopic (exact) mass is 308 g/mol. The van der Waals surface area contributed by atoms with Gasteiger partial charge in [-0.15, -0.1) is 0 Å². The van der Waals surface area contributed by atoms with Gasteiger partial charge in [-0.1, -0.05) is 11.6 Å². The SMILES string of the molecule is CC(Nc1cc2c(cc1Cl)OCCO2)c1ccc(F)cn1. The fourth-order valence-electron chi connectivity index (χ4n) is 2.13. The van der Waals surface area contributed by atoms with Gasteiger partial charge in [0.15, 0.2) is 11.5 Å². The third-order valence-corrected chi connectivity index (χ3v) is 3.51. The first-order valence-electron chi connectivity index (χ1n) is 6.60. The molecule has 1 atom stereocenters. The summed E-state index contributed by atoms with van der Waals surface area (Å²) >= 11 is 6.24. The molecule has 0 spiro atoms. The lowest BCUT2D eigenvalue weighted by atomic mass is 10.2. The second-order valence-corrected chi connectivity index (χ2v) is 5.15. The van der Waals surface area contributed by atoms with E-state index in [0.717, 1.165) is 11.4 Å². The quantitative estimate of drug-likeness (QED) is 0.936. The van der Waals surface area contributed by atoms with Gasteiger partial charge in [-0.3, -0.25) is 4.98 Å². The number of rotatable bonds is 3. The number of nitrogens with zero attached hydrogens (tertiary/aromatic N) is 1. The van der Waals surface area contributed by atoms with Gasteiger partial charge in [-0.2, -0.15) is 0 Å². The molecule has 0 saturated carbocycles. The lowest BCUT2D eigenvalue weighted by Gasteiger charge is -2.22. The summed E-state index contributed by atoms with van der Waals surface area (Å²) in [5.41, 5.74) is 1.45. The second kappa shape index (κ2) is 5.77. The van der Waals surface area contributed by atoms with Crippen LogP contribution in [0, 0.1) is 5.82 Å². The summed E-state index contributed by atoms with van der Waals surface area (Å²) in [5.74, 6) is 0.945. The van der Waals surface area contributed by atoms with Gasteiger partial charge >= 0.3 is 0 Å². The van der Waals surface area contributed by atoms with Crippen LogP contribution in [0.2, 0.25) is 5.02 Å². The summed E-state index contributed by atoms with van der Waals surface area (Å²) in [5, 5.41) is 3.78. The van der Waals surface area contributed by atoms with Crippen LogP contribution in [0.5, 0.6) is 11.5 Å². The normalized spacial score (nSPS) is 14.6. The van der Waals surface area contributed by atoms with Crippen LogP contribution in [-0.4, -0.2) is 18.2 Å². The number of fused-ring (bicyclic) bond motifs is 1. The van der Waals surface area contributed by atoms with Crippen molar-refractivity contribution in [3.8, 4) is 11.5 Å². The van der Waals surface area contributed by atoms with Crippen LogP contribution in [0.1, 0.15) is 18.7 Å². The fourth-order valence-corrected chi connectivity index (χ4v) is 2.33. The Morgan fingerprint density at radius 1 is 1.24 bits per heavy atom. The van der Waals surface area contributed by atoms with Crippen LogP contribution in [0.25, 0.3) is 0 Å². The number of benzene rings is 1. The highest BCUT2D eigenvalue weighted by Gasteiger charge is 2.16. The van der Waals surface area contributed by atoms with E-state index in [9.17, 15) is 4.39 Å². The Kier molecular flexibility index (Phi) is 3.84. The average Bonchev–Trinajstić information content (AvgIpc) is 2.48. The van der Waals surface area contributed by atoms with Crippen molar-refractivity contribution < 1.29 is 13.9 Å². The molecule has 1 aromatic carbocycles. The Morgan fingerprint density at radius 3 is 2.62 bits per heavy atom. The van der Waals surface area contributed by atoms with E-state index >= 15 is 0 Å². The molecule has 1 unspecified atom stereocenters. The van der Waals surface area contributed by atoms with E-state index in [1.165, 1.54) is 12.3 Å². The van der Waals surface area contributed by atoms with E-state index in [1.54, 1.807) is 18.2 Å². The van der Waals surface area contributed by atoms with E-state index < -0.39 is 0 Å². The zero-order valence-corrected chi connectivity index (χ0v) is 12.2. The largest absolute Gasteiger partial charge is 0.486 e. The maximum atomic E-state index is 12.9. The zero-order valence-electron chi connectivity index (χ0n) is 11.4. The highest BCUT2D eigenvalue weighted by atomic mass is 35.5. The summed E-state index contributed by atoms with van der Waals surface area (Å²) in [6.45, 7) is 2.96. The molecular weight excluding hydrogens is 295 g/mol. The number of hydrogen-bond acceptors (Lipinski definition) is 4. The molecule has 1 aromatic heterocycles. The standard InChI is InChI=1S/C15H14ClFN2O2/c1-9(12-3-2-10(17)8-18-12)19-13-7-15-14(6-11(13)16)20-4-5-21-15/h2-3,6-9,19H,4-5H2,1H3. The fraction of sp³-hybridized carbons (Fsp3) is 0.267. The highest BCUT2D eigenvalue weighted by molar-refractivity contribution is 6.33. The van der Waals surface area contributed by atoms with Crippen LogP contribution < -0.4 is 14.8 Å². The van der Waals surface area contributed by atoms with E-state index in [4.69, 9.17) is 21.1 Å². The maximum Gasteiger partial charge on any atom is 0.163 e. The molecule has 0 saturated heterocycles. The molecule has 2 heterocycles. The average molecular weight is 309 g/mol. The molecular formula is C15H14ClFN2O2. The second-order valence-electron chi connectivity index (χ2n) is 4.74. The lowest BCUT2D eigenvalue weighted by molar-refractivity contribution is 0.171. The lowest BCUT2D eigenvalue weighted by Crippen LogP contribution is -2.16. The summed E-state index contributed by atoms with van der Waals surface area (Å²) < 4.78 is 23.9. The summed E-state index contributed by atoms with van der Waals surface area (Å²) in [4.78, 5) is 4.05. The highest BCUT2D eigenvalue weighted by Crippen LogP contribution is 2.38. The van der Waals surface area contributed by atoms with Crippen LogP contribution in [0.3, 0.4) is 0 Å². The third kappa shape index (κ3) is 3.03. The molecule has 0 bridgehead atoms. The predicted molar refractivity (Wildman–Crippen MR) is 78.7 cm³/mol. The molecule has 0 fully saturated rings. The van der Waals surface area contributed by atoms with E-state index in [1.807, 2.05) is 6.92 Å². The van der Waals surface area contributed by atoms with Gasteiger partial charge in [0.25, 0.3) is 0 Å². The molecule has 1 aliphatic heterocycles. The molecule has 3 rings (SSSR count). The van der Waals surface area contributed by atoms with Crippen LogP contribution in [0.4, 0.5) is 10.1 Å². The molecule has 21 heavy (non-hydrogen) atoms. The Balaban J connectivity index is 1.82. The minimum absolute atomic E-state index is 0.120. The Hall–Kier alpha value is -2.01. The minimum atomic E-state index is -0.358. The Labute approximate surface area is 126 Å². The zero-order chi connectivity index (χ0) is 14.8. The summed E-state index contributed by atoms with van der Waals surface area (Å²) in [6, 6.07) is 6.43. The molecule has 2 aromatic rings. The van der Waals surface area contributed by atoms with Crippen molar-refractivity contribution in [2.45, 2.75) is 13.0 Å². The molecule has 6 heteroatoms. The van der Waals surface area contributed by atoms with Crippen molar-refractivity contribution in [1.29, 1.82) is 0 Å². The van der Waals surface area contributed by atoms with Crippen molar-refractivity contribution in [3.63, 3.8) is 0 Å². The number of hydrogen-bond donors (Lipinski definition) is 1. The van der Waals surface area contributed by atoms with Gasteiger partial charge in [0.05, 0.1) is 28.6 Å². The molecule has 0 amide bonds. The van der Waals surface area contributed by atoms with Crippen molar-refractivity contribution in [1.82, 2.24) is 4.98 Å². The number of nitrogens with one attached hydrogen (secondary N) is 1. The van der Waals surface area contributed by atoms with Crippen LogP contribution >= 0.6 is 11.6 Å². The van der Waals surface area contributed by atoms with E-state index in [2.05, 4.69) is 10.3 Å². The van der Waals surface area contributed by atoms with E-state index in [0.29, 0.717) is 29.7 Å². The first-order chi connectivity index (χ1) is 10.1. The Bertz CT molecular complexity index is 649. The van der Waals surface area contributed by atoms with Crippen molar-refractivity contribution in [2.75, 3.05) is 18.5 Å². The number of pyridine rings is 1. The Morgan fingerprint density at radius 2 is 1.95 bits per heavy atom.